The Morgan fingerprint density at radius 1 is 1.25 bits per heavy atom. The molecule has 1 N–H and O–H groups in total. The summed E-state index contributed by atoms with van der Waals surface area (Å²) in [6.45, 7) is 4.03. The van der Waals surface area contributed by atoms with Crippen LogP contribution in [-0.2, 0) is 4.79 Å². The van der Waals surface area contributed by atoms with E-state index >= 15 is 0 Å². The van der Waals surface area contributed by atoms with Gasteiger partial charge in [-0.05, 0) is 6.42 Å². The van der Waals surface area contributed by atoms with Crippen LogP contribution < -0.4 is 5.73 Å². The minimum Gasteiger partial charge on any atom is -0.273 e. The summed E-state index contributed by atoms with van der Waals surface area (Å²) in [4.78, 5) is 10.5. The minimum atomic E-state index is -0.412. The molecule has 2 heteroatoms. The molecule has 0 aromatic carbocycles. The Hall–Kier alpha value is -0.530. The molecule has 0 aromatic heterocycles. The fraction of sp³-hybridized carbons (Fsp3) is 0.900. The number of unbranched alkanes of at least 4 members (excludes halogenated alkanes) is 4. The molecular weight excluding hydrogens is 150 g/mol. The third kappa shape index (κ3) is 6.20. The molecular formula is C10H20NO. The predicted octanol–water partition coefficient (Wildman–Crippen LogP) is 2.79. The van der Waals surface area contributed by atoms with Crippen molar-refractivity contribution in [3.63, 3.8) is 0 Å². The van der Waals surface area contributed by atoms with Crippen LogP contribution >= 0.6 is 0 Å². The number of hydrogen-bond acceptors (Lipinski definition) is 1. The molecule has 0 rings (SSSR count). The molecule has 0 spiro atoms. The molecule has 0 aliphatic heterocycles. The first-order valence-electron chi connectivity index (χ1n) is 4.94. The summed E-state index contributed by atoms with van der Waals surface area (Å²) in [5.74, 6) is -0.461. The van der Waals surface area contributed by atoms with Gasteiger partial charge in [-0.2, -0.15) is 0 Å². The lowest BCUT2D eigenvalue weighted by atomic mass is 10.0. The average molecular weight is 170 g/mol. The summed E-state index contributed by atoms with van der Waals surface area (Å²) >= 11 is 0. The molecule has 0 aliphatic carbocycles. The first-order chi connectivity index (χ1) is 5.68. The largest absolute Gasteiger partial charge is 0.273 e. The molecule has 0 bridgehead atoms. The standard InChI is InChI=1S/C10H20NO/c1-3-4-5-6-7-8-9(2)10(11)12/h9,11H,3-8H2,1-2H3. The van der Waals surface area contributed by atoms with Crippen LogP contribution in [0.15, 0.2) is 0 Å². The van der Waals surface area contributed by atoms with Crippen molar-refractivity contribution in [2.75, 3.05) is 0 Å². The van der Waals surface area contributed by atoms with Crippen LogP contribution in [0.2, 0.25) is 0 Å². The van der Waals surface area contributed by atoms with Gasteiger partial charge in [-0.15, -0.1) is 0 Å². The quantitative estimate of drug-likeness (QED) is 0.541. The topological polar surface area (TPSA) is 40.9 Å². The van der Waals surface area contributed by atoms with E-state index in [9.17, 15) is 4.79 Å². The Morgan fingerprint density at radius 3 is 2.33 bits per heavy atom. The molecule has 1 amide bonds. The van der Waals surface area contributed by atoms with E-state index in [0.717, 1.165) is 12.8 Å². The van der Waals surface area contributed by atoms with E-state index in [-0.39, 0.29) is 5.92 Å². The summed E-state index contributed by atoms with van der Waals surface area (Å²) < 4.78 is 0. The van der Waals surface area contributed by atoms with Crippen molar-refractivity contribution in [1.29, 1.82) is 0 Å². The summed E-state index contributed by atoms with van der Waals surface area (Å²) in [5, 5.41) is 0. The van der Waals surface area contributed by atoms with Crippen molar-refractivity contribution in [3.05, 3.63) is 0 Å². The number of rotatable bonds is 7. The molecule has 1 radical (unpaired) electrons. The molecule has 0 fully saturated rings. The molecule has 0 aliphatic rings. The zero-order chi connectivity index (χ0) is 9.40. The molecule has 0 heterocycles. The highest BCUT2D eigenvalue weighted by Gasteiger charge is 2.07. The highest BCUT2D eigenvalue weighted by molar-refractivity contribution is 5.75. The summed E-state index contributed by atoms with van der Waals surface area (Å²) in [5.41, 5.74) is 6.86. The third-order valence-corrected chi connectivity index (χ3v) is 2.19. The number of amides is 1. The van der Waals surface area contributed by atoms with Crippen LogP contribution in [0.3, 0.4) is 0 Å². The van der Waals surface area contributed by atoms with Crippen LogP contribution in [0.1, 0.15) is 52.4 Å². The highest BCUT2D eigenvalue weighted by atomic mass is 16.1. The Kier molecular flexibility index (Phi) is 6.82. The number of carbonyl (C=O) groups excluding carboxylic acids is 1. The van der Waals surface area contributed by atoms with Crippen LogP contribution in [0, 0.1) is 5.92 Å². The molecule has 0 saturated carbocycles. The number of nitrogens with one attached hydrogen (secondary N) is 1. The van der Waals surface area contributed by atoms with E-state index in [1.807, 2.05) is 6.92 Å². The zero-order valence-electron chi connectivity index (χ0n) is 8.23. The summed E-state index contributed by atoms with van der Waals surface area (Å²) in [7, 11) is 0. The Balaban J connectivity index is 3.14. The second-order valence-corrected chi connectivity index (χ2v) is 3.47. The average Bonchev–Trinajstić information content (AvgIpc) is 2.03. The third-order valence-electron chi connectivity index (χ3n) is 2.19. The summed E-state index contributed by atoms with van der Waals surface area (Å²) in [6, 6.07) is 0. The first-order valence-corrected chi connectivity index (χ1v) is 4.94. The Labute approximate surface area is 75.5 Å². The van der Waals surface area contributed by atoms with Crippen molar-refractivity contribution in [2.45, 2.75) is 52.4 Å². The zero-order valence-corrected chi connectivity index (χ0v) is 8.23. The summed E-state index contributed by atoms with van der Waals surface area (Å²) in [6.07, 6.45) is 7.04. The van der Waals surface area contributed by atoms with E-state index in [2.05, 4.69) is 6.92 Å². The maximum Gasteiger partial charge on any atom is 0.241 e. The SMILES string of the molecule is CCCCCCCC(C)C([NH])=O. The van der Waals surface area contributed by atoms with Crippen LogP contribution in [0.25, 0.3) is 0 Å². The minimum absolute atomic E-state index is 0.0494. The lowest BCUT2D eigenvalue weighted by Crippen LogP contribution is -2.10. The van der Waals surface area contributed by atoms with Crippen LogP contribution in [-0.4, -0.2) is 5.91 Å². The van der Waals surface area contributed by atoms with Gasteiger partial charge in [0.2, 0.25) is 5.91 Å². The Bertz CT molecular complexity index is 123. The smallest absolute Gasteiger partial charge is 0.241 e. The van der Waals surface area contributed by atoms with Crippen molar-refractivity contribution in [1.82, 2.24) is 5.73 Å². The monoisotopic (exact) mass is 170 g/mol. The number of carbonyl (C=O) groups is 1. The van der Waals surface area contributed by atoms with Crippen molar-refractivity contribution in [3.8, 4) is 0 Å². The maximum atomic E-state index is 10.5. The normalized spacial score (nSPS) is 12.8. The van der Waals surface area contributed by atoms with Gasteiger partial charge in [0.25, 0.3) is 0 Å². The lowest BCUT2D eigenvalue weighted by Gasteiger charge is -2.04. The predicted molar refractivity (Wildman–Crippen MR) is 50.6 cm³/mol. The molecule has 71 valence electrons. The maximum absolute atomic E-state index is 10.5. The molecule has 12 heavy (non-hydrogen) atoms. The molecule has 2 nitrogen and oxygen atoms in total. The van der Waals surface area contributed by atoms with Crippen LogP contribution in [0.4, 0.5) is 0 Å². The first kappa shape index (κ1) is 11.5. The van der Waals surface area contributed by atoms with Gasteiger partial charge in [-0.25, -0.2) is 0 Å². The Morgan fingerprint density at radius 2 is 1.83 bits per heavy atom. The molecule has 1 unspecified atom stereocenters. The number of hydrogen-bond donors (Lipinski definition) is 0. The van der Waals surface area contributed by atoms with Gasteiger partial charge < -0.3 is 0 Å². The van der Waals surface area contributed by atoms with Crippen molar-refractivity contribution in [2.24, 2.45) is 5.92 Å². The highest BCUT2D eigenvalue weighted by Crippen LogP contribution is 2.10. The van der Waals surface area contributed by atoms with Crippen molar-refractivity contribution >= 4 is 5.91 Å². The fourth-order valence-corrected chi connectivity index (χ4v) is 1.19. The lowest BCUT2D eigenvalue weighted by molar-refractivity contribution is -0.122. The second-order valence-electron chi connectivity index (χ2n) is 3.47. The van der Waals surface area contributed by atoms with E-state index in [1.54, 1.807) is 0 Å². The fourth-order valence-electron chi connectivity index (χ4n) is 1.19. The van der Waals surface area contributed by atoms with Gasteiger partial charge in [0.15, 0.2) is 0 Å². The van der Waals surface area contributed by atoms with Gasteiger partial charge in [-0.1, -0.05) is 46.0 Å². The van der Waals surface area contributed by atoms with E-state index in [1.165, 1.54) is 25.7 Å². The van der Waals surface area contributed by atoms with Crippen molar-refractivity contribution < 1.29 is 4.79 Å². The van der Waals surface area contributed by atoms with Gasteiger partial charge in [-0.3, -0.25) is 10.5 Å². The van der Waals surface area contributed by atoms with Gasteiger partial charge in [0.05, 0.1) is 0 Å². The van der Waals surface area contributed by atoms with Gasteiger partial charge in [0, 0.05) is 5.92 Å². The van der Waals surface area contributed by atoms with E-state index in [4.69, 9.17) is 5.73 Å². The van der Waals surface area contributed by atoms with Gasteiger partial charge >= 0.3 is 0 Å². The molecule has 0 aromatic rings. The van der Waals surface area contributed by atoms with Crippen LogP contribution in [0.5, 0.6) is 0 Å². The van der Waals surface area contributed by atoms with E-state index in [0.29, 0.717) is 0 Å². The molecule has 1 atom stereocenters. The van der Waals surface area contributed by atoms with E-state index < -0.39 is 5.91 Å². The van der Waals surface area contributed by atoms with Gasteiger partial charge in [0.1, 0.15) is 0 Å². The molecule has 0 saturated heterocycles. The second kappa shape index (κ2) is 7.14.